The van der Waals surface area contributed by atoms with Crippen molar-refractivity contribution in [3.8, 4) is 5.82 Å². The quantitative estimate of drug-likeness (QED) is 0.633. The smallest absolute Gasteiger partial charge is 0.251 e. The molecular weight excluding hydrogens is 390 g/mol. The molecule has 4 rings (SSSR count). The maximum absolute atomic E-state index is 12.8. The second-order valence-corrected chi connectivity index (χ2v) is 8.62. The van der Waals surface area contributed by atoms with Crippen LogP contribution in [0.15, 0.2) is 48.9 Å². The van der Waals surface area contributed by atoms with Gasteiger partial charge in [-0.3, -0.25) is 9.69 Å². The van der Waals surface area contributed by atoms with Crippen LogP contribution in [0.2, 0.25) is 0 Å². The van der Waals surface area contributed by atoms with Gasteiger partial charge in [-0.25, -0.2) is 4.98 Å². The predicted octanol–water partition coefficient (Wildman–Crippen LogP) is 2.65. The van der Waals surface area contributed by atoms with Crippen LogP contribution in [0, 0.1) is 5.92 Å². The fraction of sp³-hybridized carbons (Fsp3) is 0.435. The Bertz CT molecular complexity index is 985. The van der Waals surface area contributed by atoms with Gasteiger partial charge in [-0.15, -0.1) is 5.10 Å². The number of pyridine rings is 1. The topological polar surface area (TPSA) is 88.8 Å². The third-order valence-electron chi connectivity index (χ3n) is 5.51. The van der Waals surface area contributed by atoms with Crippen molar-refractivity contribution in [3.63, 3.8) is 0 Å². The molecule has 3 aromatic rings. The maximum atomic E-state index is 12.8. The second-order valence-electron chi connectivity index (χ2n) is 8.62. The molecule has 0 radical (unpaired) electrons. The number of nitrogens with one attached hydrogen (secondary N) is 1. The zero-order valence-corrected chi connectivity index (χ0v) is 18.1. The minimum absolute atomic E-state index is 0.0957. The highest BCUT2D eigenvalue weighted by atomic mass is 16.1. The number of likely N-dealkylation sites (tertiary alicyclic amines) is 1. The van der Waals surface area contributed by atoms with Gasteiger partial charge in [0, 0.05) is 30.9 Å². The lowest BCUT2D eigenvalue weighted by Gasteiger charge is -2.33. The van der Waals surface area contributed by atoms with Gasteiger partial charge in [-0.1, -0.05) is 38.1 Å². The Labute approximate surface area is 182 Å². The lowest BCUT2D eigenvalue weighted by Crippen LogP contribution is -2.47. The van der Waals surface area contributed by atoms with E-state index < -0.39 is 0 Å². The van der Waals surface area contributed by atoms with Crippen molar-refractivity contribution in [1.29, 1.82) is 0 Å². The molecule has 1 saturated heterocycles. The Morgan fingerprint density at radius 2 is 2.00 bits per heavy atom. The fourth-order valence-electron chi connectivity index (χ4n) is 4.05. The predicted molar refractivity (Wildman–Crippen MR) is 118 cm³/mol. The molecule has 1 fully saturated rings. The van der Waals surface area contributed by atoms with E-state index in [4.69, 9.17) is 0 Å². The van der Waals surface area contributed by atoms with Gasteiger partial charge in [0.25, 0.3) is 5.91 Å². The van der Waals surface area contributed by atoms with Crippen LogP contribution >= 0.6 is 0 Å². The largest absolute Gasteiger partial charge is 0.348 e. The lowest BCUT2D eigenvalue weighted by atomic mass is 10.0. The van der Waals surface area contributed by atoms with Crippen molar-refractivity contribution in [3.05, 3.63) is 65.6 Å². The van der Waals surface area contributed by atoms with E-state index in [1.54, 1.807) is 18.3 Å². The third-order valence-corrected chi connectivity index (χ3v) is 5.51. The first kappa shape index (κ1) is 21.1. The summed E-state index contributed by atoms with van der Waals surface area (Å²) in [6.45, 7) is 7.31. The Balaban J connectivity index is 1.33. The maximum Gasteiger partial charge on any atom is 0.251 e. The van der Waals surface area contributed by atoms with Gasteiger partial charge in [0.05, 0.1) is 0 Å². The molecule has 1 aromatic carbocycles. The molecule has 1 atom stereocenters. The van der Waals surface area contributed by atoms with Crippen LogP contribution in [0.4, 0.5) is 0 Å². The molecule has 162 valence electrons. The van der Waals surface area contributed by atoms with Crippen molar-refractivity contribution in [2.75, 3.05) is 13.1 Å². The highest BCUT2D eigenvalue weighted by Crippen LogP contribution is 2.16. The molecule has 1 amide bonds. The number of carbonyl (C=O) groups is 1. The zero-order valence-electron chi connectivity index (χ0n) is 18.1. The van der Waals surface area contributed by atoms with Crippen molar-refractivity contribution >= 4 is 5.91 Å². The normalized spacial score (nSPS) is 17.1. The second kappa shape index (κ2) is 9.78. The SMILES string of the molecule is CC(C)Cc1ccc(CN2CCC[C@H](NC(=O)c3ccnc(-n4cnnn4)c3)C2)cc1. The number of hydrogen-bond acceptors (Lipinski definition) is 6. The summed E-state index contributed by atoms with van der Waals surface area (Å²) < 4.78 is 1.44. The summed E-state index contributed by atoms with van der Waals surface area (Å²) in [5.41, 5.74) is 3.26. The number of tetrazole rings is 1. The molecule has 3 heterocycles. The van der Waals surface area contributed by atoms with Gasteiger partial charge in [0.15, 0.2) is 5.82 Å². The van der Waals surface area contributed by atoms with Crippen LogP contribution in [0.1, 0.15) is 48.2 Å². The monoisotopic (exact) mass is 419 g/mol. The highest BCUT2D eigenvalue weighted by molar-refractivity contribution is 5.94. The Kier molecular flexibility index (Phi) is 6.66. The number of carbonyl (C=O) groups excluding carboxylic acids is 1. The van der Waals surface area contributed by atoms with Crippen LogP contribution < -0.4 is 5.32 Å². The summed E-state index contributed by atoms with van der Waals surface area (Å²) in [4.78, 5) is 19.5. The van der Waals surface area contributed by atoms with Gasteiger partial charge in [0.2, 0.25) is 0 Å². The lowest BCUT2D eigenvalue weighted by molar-refractivity contribution is 0.0900. The summed E-state index contributed by atoms with van der Waals surface area (Å²) in [6, 6.07) is 12.5. The van der Waals surface area contributed by atoms with E-state index in [0.29, 0.717) is 17.3 Å². The van der Waals surface area contributed by atoms with Gasteiger partial charge in [0.1, 0.15) is 6.33 Å². The first-order chi connectivity index (χ1) is 15.1. The van der Waals surface area contributed by atoms with Gasteiger partial charge in [-0.2, -0.15) is 4.68 Å². The summed E-state index contributed by atoms with van der Waals surface area (Å²) in [6.07, 6.45) is 6.23. The molecule has 1 aliphatic heterocycles. The first-order valence-corrected chi connectivity index (χ1v) is 10.9. The van der Waals surface area contributed by atoms with Crippen molar-refractivity contribution in [1.82, 2.24) is 35.4 Å². The van der Waals surface area contributed by atoms with Crippen molar-refractivity contribution in [2.45, 2.75) is 45.7 Å². The Morgan fingerprint density at radius 3 is 2.74 bits per heavy atom. The number of amides is 1. The summed E-state index contributed by atoms with van der Waals surface area (Å²) in [5.74, 6) is 1.09. The van der Waals surface area contributed by atoms with Crippen molar-refractivity contribution in [2.24, 2.45) is 5.92 Å². The fourth-order valence-corrected chi connectivity index (χ4v) is 4.05. The van der Waals surface area contributed by atoms with Crippen LogP contribution in [0.3, 0.4) is 0 Å². The van der Waals surface area contributed by atoms with Crippen LogP contribution in [-0.4, -0.2) is 55.1 Å². The number of aromatic nitrogens is 5. The highest BCUT2D eigenvalue weighted by Gasteiger charge is 2.22. The Morgan fingerprint density at radius 1 is 1.19 bits per heavy atom. The van der Waals surface area contributed by atoms with E-state index in [-0.39, 0.29) is 11.9 Å². The van der Waals surface area contributed by atoms with E-state index >= 15 is 0 Å². The minimum atomic E-state index is -0.0957. The molecule has 0 aliphatic carbocycles. The van der Waals surface area contributed by atoms with Gasteiger partial charge < -0.3 is 5.32 Å². The first-order valence-electron chi connectivity index (χ1n) is 10.9. The number of rotatable bonds is 7. The van der Waals surface area contributed by atoms with E-state index in [0.717, 1.165) is 38.9 Å². The van der Waals surface area contributed by atoms with Crippen LogP contribution in [-0.2, 0) is 13.0 Å². The molecule has 2 aromatic heterocycles. The molecule has 0 unspecified atom stereocenters. The molecule has 0 saturated carbocycles. The van der Waals surface area contributed by atoms with Crippen LogP contribution in [0.25, 0.3) is 5.82 Å². The van der Waals surface area contributed by atoms with Crippen LogP contribution in [0.5, 0.6) is 0 Å². The average Bonchev–Trinajstić information content (AvgIpc) is 3.30. The van der Waals surface area contributed by atoms with Gasteiger partial charge in [-0.05, 0) is 65.4 Å². The molecule has 8 nitrogen and oxygen atoms in total. The molecule has 0 spiro atoms. The van der Waals surface area contributed by atoms with E-state index in [1.807, 2.05) is 0 Å². The van der Waals surface area contributed by atoms with E-state index in [1.165, 1.54) is 22.1 Å². The van der Waals surface area contributed by atoms with Crippen molar-refractivity contribution < 1.29 is 4.79 Å². The molecule has 8 heteroatoms. The Hall–Kier alpha value is -3.13. The summed E-state index contributed by atoms with van der Waals surface area (Å²) in [5, 5.41) is 14.2. The zero-order chi connectivity index (χ0) is 21.6. The number of benzene rings is 1. The third kappa shape index (κ3) is 5.73. The van der Waals surface area contributed by atoms with E-state index in [2.05, 4.69) is 68.8 Å². The summed E-state index contributed by atoms with van der Waals surface area (Å²) in [7, 11) is 0. The number of nitrogens with zero attached hydrogens (tertiary/aromatic N) is 6. The molecular formula is C23H29N7O. The number of piperidine rings is 1. The molecule has 0 bridgehead atoms. The average molecular weight is 420 g/mol. The summed E-state index contributed by atoms with van der Waals surface area (Å²) >= 11 is 0. The molecule has 31 heavy (non-hydrogen) atoms. The van der Waals surface area contributed by atoms with E-state index in [9.17, 15) is 4.79 Å². The molecule has 1 aliphatic rings. The molecule has 1 N–H and O–H groups in total. The van der Waals surface area contributed by atoms with Gasteiger partial charge >= 0.3 is 0 Å². The standard InChI is InChI=1S/C23H29N7O/c1-17(2)12-18-5-7-19(8-6-18)14-29-11-3-4-21(15-29)26-23(31)20-9-10-24-22(13-20)30-16-25-27-28-30/h5-10,13,16-17,21H,3-4,11-12,14-15H2,1-2H3,(H,26,31)/t21-/m0/s1. The minimum Gasteiger partial charge on any atom is -0.348 e. The number of hydrogen-bond donors (Lipinski definition) is 1.